The Labute approximate surface area is 74.5 Å². The van der Waals surface area contributed by atoms with Crippen molar-refractivity contribution < 1.29 is 4.74 Å². The van der Waals surface area contributed by atoms with E-state index in [0.717, 1.165) is 16.7 Å². The van der Waals surface area contributed by atoms with E-state index < -0.39 is 0 Å². The Morgan fingerprint density at radius 1 is 1.46 bits per heavy atom. The average molecular weight is 176 g/mol. The summed E-state index contributed by atoms with van der Waals surface area (Å²) in [7, 11) is 1.60. The smallest absolute Gasteiger partial charge is 0.133 e. The van der Waals surface area contributed by atoms with Gasteiger partial charge in [-0.25, -0.2) is 0 Å². The Kier molecular flexibility index (Phi) is 1.73. The number of benzene rings is 1. The number of nitrogens with one attached hydrogen (secondary N) is 1. The van der Waals surface area contributed by atoms with Gasteiger partial charge in [-0.05, 0) is 17.3 Å². The normalized spacial score (nSPS) is 10.2. The molecule has 66 valence electrons. The third-order valence-corrected chi connectivity index (χ3v) is 1.97. The SMILES string of the molecule is COc1ccc2c(N=O)c[nH]c2c1. The summed E-state index contributed by atoms with van der Waals surface area (Å²) >= 11 is 0. The van der Waals surface area contributed by atoms with Gasteiger partial charge in [-0.15, -0.1) is 4.91 Å². The highest BCUT2D eigenvalue weighted by Crippen LogP contribution is 2.28. The molecular weight excluding hydrogens is 168 g/mol. The molecule has 0 saturated carbocycles. The van der Waals surface area contributed by atoms with E-state index in [-0.39, 0.29) is 0 Å². The predicted octanol–water partition coefficient (Wildman–Crippen LogP) is 2.57. The van der Waals surface area contributed by atoms with Gasteiger partial charge in [0.1, 0.15) is 11.4 Å². The molecule has 0 fully saturated rings. The van der Waals surface area contributed by atoms with E-state index in [1.165, 1.54) is 0 Å². The number of methoxy groups -OCH3 is 1. The number of hydrogen-bond donors (Lipinski definition) is 1. The first-order valence-corrected chi connectivity index (χ1v) is 3.83. The lowest BCUT2D eigenvalue weighted by atomic mass is 10.2. The van der Waals surface area contributed by atoms with Gasteiger partial charge in [0.25, 0.3) is 0 Å². The number of aromatic amines is 1. The molecule has 0 aliphatic heterocycles. The van der Waals surface area contributed by atoms with Gasteiger partial charge in [0, 0.05) is 17.6 Å². The summed E-state index contributed by atoms with van der Waals surface area (Å²) in [5, 5.41) is 3.71. The van der Waals surface area contributed by atoms with Gasteiger partial charge in [-0.1, -0.05) is 0 Å². The monoisotopic (exact) mass is 176 g/mol. The van der Waals surface area contributed by atoms with Crippen molar-refractivity contribution in [2.24, 2.45) is 5.18 Å². The van der Waals surface area contributed by atoms with Crippen LogP contribution in [0.25, 0.3) is 10.9 Å². The van der Waals surface area contributed by atoms with Gasteiger partial charge in [-0.2, -0.15) is 0 Å². The van der Waals surface area contributed by atoms with Crippen molar-refractivity contribution in [3.63, 3.8) is 0 Å². The third-order valence-electron chi connectivity index (χ3n) is 1.97. The number of nitrogens with zero attached hydrogens (tertiary/aromatic N) is 1. The Morgan fingerprint density at radius 2 is 2.31 bits per heavy atom. The highest BCUT2D eigenvalue weighted by atomic mass is 16.5. The molecule has 0 amide bonds. The largest absolute Gasteiger partial charge is 0.497 e. The molecule has 0 aliphatic rings. The van der Waals surface area contributed by atoms with Crippen LogP contribution in [0.3, 0.4) is 0 Å². The van der Waals surface area contributed by atoms with Gasteiger partial charge in [0.15, 0.2) is 0 Å². The molecule has 4 heteroatoms. The van der Waals surface area contributed by atoms with Gasteiger partial charge in [0.05, 0.1) is 12.6 Å². The van der Waals surface area contributed by atoms with Crippen molar-refractivity contribution in [2.45, 2.75) is 0 Å². The first kappa shape index (κ1) is 7.79. The first-order chi connectivity index (χ1) is 6.35. The highest BCUT2D eigenvalue weighted by molar-refractivity contribution is 5.91. The summed E-state index contributed by atoms with van der Waals surface area (Å²) in [6.07, 6.45) is 1.58. The number of hydrogen-bond acceptors (Lipinski definition) is 3. The Morgan fingerprint density at radius 3 is 3.00 bits per heavy atom. The van der Waals surface area contributed by atoms with Crippen LogP contribution in [0, 0.1) is 4.91 Å². The lowest BCUT2D eigenvalue weighted by Gasteiger charge is -1.97. The van der Waals surface area contributed by atoms with Crippen molar-refractivity contribution in [3.05, 3.63) is 29.3 Å². The summed E-state index contributed by atoms with van der Waals surface area (Å²) in [4.78, 5) is 13.3. The molecule has 0 aliphatic carbocycles. The number of rotatable bonds is 2. The molecule has 0 saturated heterocycles. The number of H-pyrrole nitrogens is 1. The van der Waals surface area contributed by atoms with Crippen LogP contribution in [-0.4, -0.2) is 12.1 Å². The van der Waals surface area contributed by atoms with Crippen molar-refractivity contribution in [2.75, 3.05) is 7.11 Å². The van der Waals surface area contributed by atoms with Crippen molar-refractivity contribution >= 4 is 16.6 Å². The number of nitroso groups, excluding NO2 is 1. The maximum atomic E-state index is 10.3. The molecule has 4 nitrogen and oxygen atoms in total. The molecule has 0 unspecified atom stereocenters. The molecule has 1 N–H and O–H groups in total. The van der Waals surface area contributed by atoms with Crippen LogP contribution in [0.1, 0.15) is 0 Å². The summed E-state index contributed by atoms with van der Waals surface area (Å²) in [5.74, 6) is 0.756. The fourth-order valence-electron chi connectivity index (χ4n) is 1.29. The van der Waals surface area contributed by atoms with E-state index in [4.69, 9.17) is 4.74 Å². The molecule has 0 radical (unpaired) electrons. The molecule has 0 spiro atoms. The van der Waals surface area contributed by atoms with Crippen LogP contribution in [0.2, 0.25) is 0 Å². The Bertz CT molecular complexity index is 448. The van der Waals surface area contributed by atoms with Crippen molar-refractivity contribution in [1.82, 2.24) is 4.98 Å². The standard InChI is InChI=1S/C9H8N2O2/c1-13-6-2-3-7-8(4-6)10-5-9(7)11-12/h2-5,10H,1H3. The zero-order valence-electron chi connectivity index (χ0n) is 7.07. The quantitative estimate of drug-likeness (QED) is 0.715. The number of ether oxygens (including phenoxy) is 1. The van der Waals surface area contributed by atoms with Gasteiger partial charge in [-0.3, -0.25) is 0 Å². The minimum absolute atomic E-state index is 0.428. The van der Waals surface area contributed by atoms with Gasteiger partial charge < -0.3 is 9.72 Å². The van der Waals surface area contributed by atoms with Gasteiger partial charge in [0.2, 0.25) is 0 Å². The molecule has 2 rings (SSSR count). The van der Waals surface area contributed by atoms with E-state index in [2.05, 4.69) is 10.2 Å². The molecule has 2 aromatic rings. The van der Waals surface area contributed by atoms with Crippen molar-refractivity contribution in [3.8, 4) is 5.75 Å². The van der Waals surface area contributed by atoms with Crippen LogP contribution in [0.15, 0.2) is 29.6 Å². The molecular formula is C9H8N2O2. The first-order valence-electron chi connectivity index (χ1n) is 3.83. The maximum absolute atomic E-state index is 10.3. The van der Waals surface area contributed by atoms with Crippen LogP contribution in [0.4, 0.5) is 5.69 Å². The van der Waals surface area contributed by atoms with Crippen LogP contribution in [-0.2, 0) is 0 Å². The van der Waals surface area contributed by atoms with E-state index in [1.54, 1.807) is 25.4 Å². The van der Waals surface area contributed by atoms with Crippen molar-refractivity contribution in [1.29, 1.82) is 0 Å². The number of fused-ring (bicyclic) bond motifs is 1. The molecule has 0 bridgehead atoms. The second-order valence-corrected chi connectivity index (χ2v) is 2.68. The highest BCUT2D eigenvalue weighted by Gasteiger charge is 2.03. The summed E-state index contributed by atoms with van der Waals surface area (Å²) in [6, 6.07) is 5.43. The fourth-order valence-corrected chi connectivity index (χ4v) is 1.29. The molecule has 1 aromatic heterocycles. The Balaban J connectivity index is 2.67. The lowest BCUT2D eigenvalue weighted by molar-refractivity contribution is 0.415. The van der Waals surface area contributed by atoms with Gasteiger partial charge >= 0.3 is 0 Å². The lowest BCUT2D eigenvalue weighted by Crippen LogP contribution is -1.80. The minimum atomic E-state index is 0.428. The minimum Gasteiger partial charge on any atom is -0.497 e. The predicted molar refractivity (Wildman–Crippen MR) is 50.3 cm³/mol. The molecule has 13 heavy (non-hydrogen) atoms. The topological polar surface area (TPSA) is 54.4 Å². The van der Waals surface area contributed by atoms with Crippen LogP contribution < -0.4 is 4.74 Å². The Hall–Kier alpha value is -1.84. The summed E-state index contributed by atoms with van der Waals surface area (Å²) in [5.41, 5.74) is 1.28. The molecule has 0 atom stereocenters. The fraction of sp³-hybridized carbons (Fsp3) is 0.111. The molecule has 1 heterocycles. The zero-order valence-corrected chi connectivity index (χ0v) is 7.07. The zero-order chi connectivity index (χ0) is 9.26. The van der Waals surface area contributed by atoms with E-state index in [0.29, 0.717) is 5.69 Å². The van der Waals surface area contributed by atoms with E-state index in [1.807, 2.05) is 6.07 Å². The van der Waals surface area contributed by atoms with E-state index >= 15 is 0 Å². The maximum Gasteiger partial charge on any atom is 0.133 e. The summed E-state index contributed by atoms with van der Waals surface area (Å²) < 4.78 is 5.04. The average Bonchev–Trinajstić information content (AvgIpc) is 2.59. The second-order valence-electron chi connectivity index (χ2n) is 2.68. The molecule has 1 aromatic carbocycles. The van der Waals surface area contributed by atoms with Crippen LogP contribution >= 0.6 is 0 Å². The number of aromatic nitrogens is 1. The summed E-state index contributed by atoms with van der Waals surface area (Å²) in [6.45, 7) is 0. The van der Waals surface area contributed by atoms with E-state index in [9.17, 15) is 4.91 Å². The second kappa shape index (κ2) is 2.90. The third kappa shape index (κ3) is 1.16. The van der Waals surface area contributed by atoms with Crippen LogP contribution in [0.5, 0.6) is 5.75 Å².